The Morgan fingerprint density at radius 2 is 1.80 bits per heavy atom. The van der Waals surface area contributed by atoms with Gasteiger partial charge in [0.05, 0.1) is 10.7 Å². The minimum atomic E-state index is -0.181. The number of thioether (sulfide) groups is 1. The number of hydrogen-bond acceptors (Lipinski definition) is 7. The normalized spacial score (nSPS) is 10.9. The summed E-state index contributed by atoms with van der Waals surface area (Å²) in [5.41, 5.74) is 4.09. The summed E-state index contributed by atoms with van der Waals surface area (Å²) in [6, 6.07) is 15.9. The van der Waals surface area contributed by atoms with E-state index in [1.807, 2.05) is 31.2 Å². The molecule has 1 amide bonds. The molecule has 0 radical (unpaired) electrons. The van der Waals surface area contributed by atoms with Gasteiger partial charge in [0, 0.05) is 28.0 Å². The summed E-state index contributed by atoms with van der Waals surface area (Å²) < 4.78 is 0. The Morgan fingerprint density at radius 1 is 1.03 bits per heavy atom. The second-order valence-electron chi connectivity index (χ2n) is 6.79. The molecule has 8 heteroatoms. The summed E-state index contributed by atoms with van der Waals surface area (Å²) in [5.74, 6) is 0.643. The molecule has 0 bridgehead atoms. The van der Waals surface area contributed by atoms with Crippen molar-refractivity contribution < 1.29 is 4.79 Å². The van der Waals surface area contributed by atoms with E-state index in [-0.39, 0.29) is 5.91 Å². The van der Waals surface area contributed by atoms with Crippen LogP contribution in [0.3, 0.4) is 0 Å². The van der Waals surface area contributed by atoms with E-state index in [4.69, 9.17) is 0 Å². The summed E-state index contributed by atoms with van der Waals surface area (Å²) in [7, 11) is 0. The number of aryl methyl sites for hydroxylation is 2. The molecular formula is C22H20N4OS3. The molecule has 0 atom stereocenters. The maximum atomic E-state index is 12.5. The fourth-order valence-electron chi connectivity index (χ4n) is 2.76. The Hall–Kier alpha value is -2.55. The highest BCUT2D eigenvalue weighted by molar-refractivity contribution is 7.98. The standard InChI is InChI=1S/C22H20N4OS3/c1-14-3-5-16(6-4-14)11-20-25-26-22(30-20)24-21(27)17-7-9-19(10-8-17)29-13-18-12-28-15(2)23-18/h3-10,12H,11,13H2,1-2H3,(H,24,26,27). The van der Waals surface area contributed by atoms with Gasteiger partial charge in [-0.2, -0.15) is 0 Å². The summed E-state index contributed by atoms with van der Waals surface area (Å²) >= 11 is 4.77. The third-order valence-corrected chi connectivity index (χ3v) is 7.04. The van der Waals surface area contributed by atoms with Gasteiger partial charge in [-0.25, -0.2) is 4.98 Å². The number of hydrogen-bond donors (Lipinski definition) is 1. The third kappa shape index (κ3) is 5.53. The quantitative estimate of drug-likeness (QED) is 0.362. The van der Waals surface area contributed by atoms with Gasteiger partial charge in [-0.15, -0.1) is 33.3 Å². The van der Waals surface area contributed by atoms with Gasteiger partial charge in [-0.1, -0.05) is 41.2 Å². The van der Waals surface area contributed by atoms with Crippen molar-refractivity contribution in [3.8, 4) is 0 Å². The van der Waals surface area contributed by atoms with Crippen LogP contribution in [0, 0.1) is 13.8 Å². The third-order valence-electron chi connectivity index (χ3n) is 4.33. The topological polar surface area (TPSA) is 67.8 Å². The molecule has 0 spiro atoms. The number of nitrogens with one attached hydrogen (secondary N) is 1. The van der Waals surface area contributed by atoms with Crippen molar-refractivity contribution in [3.05, 3.63) is 86.3 Å². The van der Waals surface area contributed by atoms with E-state index in [0.717, 1.165) is 26.4 Å². The van der Waals surface area contributed by atoms with Crippen molar-refractivity contribution in [2.24, 2.45) is 0 Å². The van der Waals surface area contributed by atoms with Crippen LogP contribution in [0.2, 0.25) is 0 Å². The Kier molecular flexibility index (Phi) is 6.56. The van der Waals surface area contributed by atoms with Gasteiger partial charge in [0.2, 0.25) is 5.13 Å². The number of benzene rings is 2. The Balaban J connectivity index is 1.32. The predicted octanol–water partition coefficient (Wildman–Crippen LogP) is 5.75. The number of thiazole rings is 1. The van der Waals surface area contributed by atoms with Crippen molar-refractivity contribution >= 4 is 45.5 Å². The Bertz CT molecular complexity index is 1130. The van der Waals surface area contributed by atoms with Gasteiger partial charge in [-0.3, -0.25) is 10.1 Å². The molecule has 0 aliphatic carbocycles. The smallest absolute Gasteiger partial charge is 0.257 e. The molecule has 30 heavy (non-hydrogen) atoms. The van der Waals surface area contributed by atoms with Gasteiger partial charge in [0.1, 0.15) is 5.01 Å². The minimum absolute atomic E-state index is 0.181. The highest BCUT2D eigenvalue weighted by Gasteiger charge is 2.11. The maximum Gasteiger partial charge on any atom is 0.257 e. The molecule has 4 rings (SSSR count). The van der Waals surface area contributed by atoms with E-state index in [0.29, 0.717) is 17.1 Å². The van der Waals surface area contributed by atoms with Crippen LogP contribution in [0.15, 0.2) is 58.8 Å². The van der Waals surface area contributed by atoms with Crippen molar-refractivity contribution in [3.63, 3.8) is 0 Å². The molecule has 0 fully saturated rings. The van der Waals surface area contributed by atoms with E-state index in [1.165, 1.54) is 22.5 Å². The van der Waals surface area contributed by atoms with Crippen LogP contribution in [0.4, 0.5) is 5.13 Å². The van der Waals surface area contributed by atoms with Crippen LogP contribution in [-0.2, 0) is 12.2 Å². The van der Waals surface area contributed by atoms with Gasteiger partial charge in [-0.05, 0) is 43.7 Å². The minimum Gasteiger partial charge on any atom is -0.296 e. The molecule has 0 saturated carbocycles. The molecular weight excluding hydrogens is 432 g/mol. The lowest BCUT2D eigenvalue weighted by Gasteiger charge is -2.03. The van der Waals surface area contributed by atoms with Crippen LogP contribution in [0.1, 0.15) is 37.2 Å². The fourth-order valence-corrected chi connectivity index (χ4v) is 5.04. The first-order valence-electron chi connectivity index (χ1n) is 9.38. The highest BCUT2D eigenvalue weighted by atomic mass is 32.2. The first-order chi connectivity index (χ1) is 14.5. The highest BCUT2D eigenvalue weighted by Crippen LogP contribution is 2.24. The second kappa shape index (κ2) is 9.51. The lowest BCUT2D eigenvalue weighted by Crippen LogP contribution is -2.11. The molecule has 2 aromatic heterocycles. The number of aromatic nitrogens is 3. The van der Waals surface area contributed by atoms with Crippen LogP contribution >= 0.6 is 34.4 Å². The van der Waals surface area contributed by atoms with Crippen LogP contribution in [0.25, 0.3) is 0 Å². The summed E-state index contributed by atoms with van der Waals surface area (Å²) in [6.45, 7) is 4.07. The average molecular weight is 453 g/mol. The largest absolute Gasteiger partial charge is 0.296 e. The number of rotatable bonds is 7. The van der Waals surface area contributed by atoms with E-state index in [1.54, 1.807) is 23.1 Å². The molecule has 0 aliphatic heterocycles. The van der Waals surface area contributed by atoms with Crippen molar-refractivity contribution in [2.45, 2.75) is 30.9 Å². The van der Waals surface area contributed by atoms with E-state index >= 15 is 0 Å². The second-order valence-corrected chi connectivity index (χ2v) is 9.96. The fraction of sp³-hybridized carbons (Fsp3) is 0.182. The predicted molar refractivity (Wildman–Crippen MR) is 125 cm³/mol. The number of carbonyl (C=O) groups is 1. The molecule has 152 valence electrons. The zero-order valence-electron chi connectivity index (χ0n) is 16.6. The molecule has 1 N–H and O–H groups in total. The number of nitrogens with zero attached hydrogens (tertiary/aromatic N) is 3. The Morgan fingerprint density at radius 3 is 2.50 bits per heavy atom. The lowest BCUT2D eigenvalue weighted by molar-refractivity contribution is 0.102. The molecule has 0 aliphatic rings. The van der Waals surface area contributed by atoms with Crippen LogP contribution in [-0.4, -0.2) is 21.1 Å². The first-order valence-corrected chi connectivity index (χ1v) is 12.1. The average Bonchev–Trinajstić information content (AvgIpc) is 3.37. The zero-order chi connectivity index (χ0) is 20.9. The van der Waals surface area contributed by atoms with Gasteiger partial charge >= 0.3 is 0 Å². The molecule has 0 unspecified atom stereocenters. The van der Waals surface area contributed by atoms with Crippen molar-refractivity contribution in [2.75, 3.05) is 5.32 Å². The molecule has 2 heterocycles. The van der Waals surface area contributed by atoms with E-state index < -0.39 is 0 Å². The lowest BCUT2D eigenvalue weighted by atomic mass is 10.1. The van der Waals surface area contributed by atoms with Gasteiger partial charge in [0.15, 0.2) is 0 Å². The molecule has 2 aromatic carbocycles. The molecule has 0 saturated heterocycles. The molecule has 4 aromatic rings. The Labute approximate surface area is 187 Å². The van der Waals surface area contributed by atoms with E-state index in [9.17, 15) is 4.79 Å². The van der Waals surface area contributed by atoms with Crippen LogP contribution in [0.5, 0.6) is 0 Å². The molecule has 5 nitrogen and oxygen atoms in total. The zero-order valence-corrected chi connectivity index (χ0v) is 19.0. The summed E-state index contributed by atoms with van der Waals surface area (Å²) in [4.78, 5) is 18.1. The van der Waals surface area contributed by atoms with E-state index in [2.05, 4.69) is 57.1 Å². The van der Waals surface area contributed by atoms with Crippen molar-refractivity contribution in [1.82, 2.24) is 15.2 Å². The summed E-state index contributed by atoms with van der Waals surface area (Å²) in [6.07, 6.45) is 0.707. The number of carbonyl (C=O) groups excluding carboxylic acids is 1. The first kappa shape index (κ1) is 20.7. The maximum absolute atomic E-state index is 12.5. The van der Waals surface area contributed by atoms with Crippen molar-refractivity contribution in [1.29, 1.82) is 0 Å². The van der Waals surface area contributed by atoms with Gasteiger partial charge < -0.3 is 0 Å². The summed E-state index contributed by atoms with van der Waals surface area (Å²) in [5, 5.41) is 15.7. The van der Waals surface area contributed by atoms with Gasteiger partial charge in [0.25, 0.3) is 5.91 Å². The SMILES string of the molecule is Cc1ccc(Cc2nnc(NC(=O)c3ccc(SCc4csc(C)n4)cc3)s2)cc1. The number of anilines is 1. The van der Waals surface area contributed by atoms with Crippen LogP contribution < -0.4 is 5.32 Å². The number of amides is 1. The monoisotopic (exact) mass is 452 g/mol.